The Labute approximate surface area is 113 Å². The molecule has 0 heterocycles. The van der Waals surface area contributed by atoms with Crippen LogP contribution in [0, 0.1) is 11.3 Å². The summed E-state index contributed by atoms with van der Waals surface area (Å²) in [6.45, 7) is 5.99. The van der Waals surface area contributed by atoms with Crippen LogP contribution < -0.4 is 5.32 Å². The number of hydrogen-bond donors (Lipinski definition) is 1. The van der Waals surface area contributed by atoms with Crippen LogP contribution in [0.1, 0.15) is 32.8 Å². The number of thioether (sulfide) groups is 1. The molecule has 1 N–H and O–H groups in total. The van der Waals surface area contributed by atoms with Gasteiger partial charge < -0.3 is 5.32 Å². The summed E-state index contributed by atoms with van der Waals surface area (Å²) in [7, 11) is 0. The molecule has 0 aliphatic carbocycles. The molecular formula is C14H18N2OS. The smallest absolute Gasteiger partial charge is 0.234 e. The first-order chi connectivity index (χ1) is 8.49. The molecule has 1 aromatic carbocycles. The van der Waals surface area contributed by atoms with Crippen molar-refractivity contribution in [1.29, 1.82) is 5.26 Å². The van der Waals surface area contributed by atoms with E-state index < -0.39 is 5.54 Å². The van der Waals surface area contributed by atoms with E-state index in [0.717, 1.165) is 11.3 Å². The lowest BCUT2D eigenvalue weighted by Gasteiger charge is -2.26. The first kappa shape index (κ1) is 14.6. The molecule has 1 amide bonds. The molecule has 0 bridgehead atoms. The minimum atomic E-state index is -0.455. The van der Waals surface area contributed by atoms with E-state index in [1.807, 2.05) is 32.0 Å². The molecule has 0 radical (unpaired) electrons. The van der Waals surface area contributed by atoms with Crippen molar-refractivity contribution in [2.75, 3.05) is 5.75 Å². The predicted octanol–water partition coefficient (Wildman–Crippen LogP) is 3.06. The number of amides is 1. The van der Waals surface area contributed by atoms with Crippen molar-refractivity contribution in [3.63, 3.8) is 0 Å². The average molecular weight is 262 g/mol. The molecule has 3 nitrogen and oxygen atoms in total. The highest BCUT2D eigenvalue weighted by Gasteiger charge is 2.22. The average Bonchev–Trinajstić information content (AvgIpc) is 2.29. The Kier molecular flexibility index (Phi) is 5.24. The van der Waals surface area contributed by atoms with Gasteiger partial charge in [0.25, 0.3) is 0 Å². The van der Waals surface area contributed by atoms with Gasteiger partial charge in [0.05, 0.1) is 11.6 Å². The number of carbonyl (C=O) groups excluding carboxylic acids is 1. The zero-order chi connectivity index (χ0) is 13.6. The van der Waals surface area contributed by atoms with E-state index in [-0.39, 0.29) is 12.3 Å². The lowest BCUT2D eigenvalue weighted by atomic mass is 9.94. The Morgan fingerprint density at radius 1 is 1.39 bits per heavy atom. The van der Waals surface area contributed by atoms with E-state index >= 15 is 0 Å². The van der Waals surface area contributed by atoms with Gasteiger partial charge in [0.1, 0.15) is 6.42 Å². The molecule has 4 heteroatoms. The maximum absolute atomic E-state index is 11.5. The monoisotopic (exact) mass is 262 g/mol. The lowest BCUT2D eigenvalue weighted by molar-refractivity contribution is -0.121. The third-order valence-corrected chi connectivity index (χ3v) is 3.47. The summed E-state index contributed by atoms with van der Waals surface area (Å²) in [6.07, 6.45) is -0.104. The Bertz CT molecular complexity index is 446. The standard InChI is InChI=1S/C14H18N2OS/c1-4-18-12-7-5-11(6-8-12)14(2,3)16-13(17)9-10-15/h5-8H,4,9H2,1-3H3,(H,16,17). The lowest BCUT2D eigenvalue weighted by Crippen LogP contribution is -2.40. The minimum Gasteiger partial charge on any atom is -0.346 e. The first-order valence-electron chi connectivity index (χ1n) is 5.91. The van der Waals surface area contributed by atoms with Gasteiger partial charge in [-0.2, -0.15) is 5.26 Å². The summed E-state index contributed by atoms with van der Waals surface area (Å²) in [5.74, 6) is 0.802. The van der Waals surface area contributed by atoms with Gasteiger partial charge in [-0.1, -0.05) is 19.1 Å². The molecule has 96 valence electrons. The zero-order valence-electron chi connectivity index (χ0n) is 11.0. The van der Waals surface area contributed by atoms with Gasteiger partial charge in [-0.3, -0.25) is 4.79 Å². The number of rotatable bonds is 5. The van der Waals surface area contributed by atoms with E-state index in [0.29, 0.717) is 0 Å². The van der Waals surface area contributed by atoms with Crippen LogP contribution >= 0.6 is 11.8 Å². The van der Waals surface area contributed by atoms with Crippen LogP contribution in [0.5, 0.6) is 0 Å². The quantitative estimate of drug-likeness (QED) is 0.830. The summed E-state index contributed by atoms with van der Waals surface area (Å²) < 4.78 is 0. The van der Waals surface area contributed by atoms with Crippen LogP contribution in [0.2, 0.25) is 0 Å². The molecule has 1 aromatic rings. The molecule has 0 unspecified atom stereocenters. The number of benzene rings is 1. The van der Waals surface area contributed by atoms with Gasteiger partial charge >= 0.3 is 0 Å². The van der Waals surface area contributed by atoms with E-state index in [4.69, 9.17) is 5.26 Å². The maximum Gasteiger partial charge on any atom is 0.234 e. The minimum absolute atomic E-state index is 0.104. The number of nitrogens with zero attached hydrogens (tertiary/aromatic N) is 1. The largest absolute Gasteiger partial charge is 0.346 e. The van der Waals surface area contributed by atoms with Crippen molar-refractivity contribution in [2.24, 2.45) is 0 Å². The van der Waals surface area contributed by atoms with Gasteiger partial charge in [-0.15, -0.1) is 11.8 Å². The molecule has 0 aliphatic rings. The first-order valence-corrected chi connectivity index (χ1v) is 6.89. The highest BCUT2D eigenvalue weighted by atomic mass is 32.2. The van der Waals surface area contributed by atoms with Crippen molar-refractivity contribution in [3.05, 3.63) is 29.8 Å². The van der Waals surface area contributed by atoms with E-state index in [9.17, 15) is 4.79 Å². The van der Waals surface area contributed by atoms with Crippen LogP contribution in [0.3, 0.4) is 0 Å². The van der Waals surface area contributed by atoms with Crippen LogP contribution in [0.4, 0.5) is 0 Å². The number of nitriles is 1. The molecule has 0 aliphatic heterocycles. The van der Waals surface area contributed by atoms with Gasteiger partial charge in [-0.05, 0) is 37.3 Å². The van der Waals surface area contributed by atoms with Crippen LogP contribution in [0.25, 0.3) is 0 Å². The summed E-state index contributed by atoms with van der Waals surface area (Å²) in [5.41, 5.74) is 0.581. The molecule has 1 rings (SSSR count). The van der Waals surface area contributed by atoms with Crippen molar-refractivity contribution in [3.8, 4) is 6.07 Å². The molecule has 18 heavy (non-hydrogen) atoms. The second-order valence-corrected chi connectivity index (χ2v) is 5.80. The third-order valence-electron chi connectivity index (χ3n) is 2.58. The Morgan fingerprint density at radius 2 is 2.00 bits per heavy atom. The second kappa shape index (κ2) is 6.46. The normalized spacial score (nSPS) is 10.8. The van der Waals surface area contributed by atoms with Gasteiger partial charge in [0, 0.05) is 4.90 Å². The predicted molar refractivity (Wildman–Crippen MR) is 74.2 cm³/mol. The molecule has 0 aromatic heterocycles. The molecule has 0 fully saturated rings. The van der Waals surface area contributed by atoms with Crippen molar-refractivity contribution in [1.82, 2.24) is 5.32 Å². The number of carbonyl (C=O) groups is 1. The van der Waals surface area contributed by atoms with Gasteiger partial charge in [-0.25, -0.2) is 0 Å². The SMILES string of the molecule is CCSc1ccc(C(C)(C)NC(=O)CC#N)cc1. The summed E-state index contributed by atoms with van der Waals surface area (Å²) >= 11 is 1.79. The summed E-state index contributed by atoms with van der Waals surface area (Å²) in [5, 5.41) is 11.3. The topological polar surface area (TPSA) is 52.9 Å². The van der Waals surface area contributed by atoms with Gasteiger partial charge in [0.15, 0.2) is 0 Å². The van der Waals surface area contributed by atoms with Crippen LogP contribution in [-0.4, -0.2) is 11.7 Å². The van der Waals surface area contributed by atoms with Crippen molar-refractivity contribution < 1.29 is 4.79 Å². The highest BCUT2D eigenvalue weighted by Crippen LogP contribution is 2.24. The Hall–Kier alpha value is -1.47. The molecule has 0 atom stereocenters. The van der Waals surface area contributed by atoms with Gasteiger partial charge in [0.2, 0.25) is 5.91 Å². The van der Waals surface area contributed by atoms with E-state index in [1.165, 1.54) is 4.90 Å². The Balaban J connectivity index is 2.78. The fraction of sp³-hybridized carbons (Fsp3) is 0.429. The fourth-order valence-corrected chi connectivity index (χ4v) is 2.33. The van der Waals surface area contributed by atoms with Crippen LogP contribution in [-0.2, 0) is 10.3 Å². The van der Waals surface area contributed by atoms with Crippen LogP contribution in [0.15, 0.2) is 29.2 Å². The summed E-state index contributed by atoms with van der Waals surface area (Å²) in [6, 6.07) is 10.0. The molecule has 0 spiro atoms. The molecule has 0 saturated heterocycles. The zero-order valence-corrected chi connectivity index (χ0v) is 11.8. The van der Waals surface area contributed by atoms with Crippen molar-refractivity contribution in [2.45, 2.75) is 37.6 Å². The summed E-state index contributed by atoms with van der Waals surface area (Å²) in [4.78, 5) is 12.7. The number of nitrogens with one attached hydrogen (secondary N) is 1. The van der Waals surface area contributed by atoms with E-state index in [2.05, 4.69) is 24.4 Å². The molecule has 0 saturated carbocycles. The third kappa shape index (κ3) is 4.08. The Morgan fingerprint density at radius 3 is 2.50 bits per heavy atom. The second-order valence-electron chi connectivity index (χ2n) is 4.47. The highest BCUT2D eigenvalue weighted by molar-refractivity contribution is 7.99. The maximum atomic E-state index is 11.5. The fourth-order valence-electron chi connectivity index (χ4n) is 1.67. The van der Waals surface area contributed by atoms with Crippen molar-refractivity contribution >= 4 is 17.7 Å². The number of hydrogen-bond acceptors (Lipinski definition) is 3. The van der Waals surface area contributed by atoms with E-state index in [1.54, 1.807) is 11.8 Å². The molecular weight excluding hydrogens is 244 g/mol.